The Morgan fingerprint density at radius 3 is 2.19 bits per heavy atom. The molecule has 1 heterocycles. The van der Waals surface area contributed by atoms with Crippen molar-refractivity contribution in [2.45, 2.75) is 52.8 Å². The van der Waals surface area contributed by atoms with E-state index in [0.717, 1.165) is 25.7 Å². The van der Waals surface area contributed by atoms with Crippen LogP contribution in [0.4, 0.5) is 4.79 Å². The Morgan fingerprint density at radius 1 is 1.25 bits per heavy atom. The van der Waals surface area contributed by atoms with Crippen molar-refractivity contribution in [3.8, 4) is 0 Å². The Bertz CT molecular complexity index is 327. The third-order valence-corrected chi connectivity index (χ3v) is 7.30. The van der Waals surface area contributed by atoms with Crippen molar-refractivity contribution >= 4 is 38.0 Å². The highest BCUT2D eigenvalue weighted by atomic mass is 79.9. The second kappa shape index (κ2) is 3.37. The van der Waals surface area contributed by atoms with Gasteiger partial charge in [-0.05, 0) is 32.1 Å². The zero-order valence-corrected chi connectivity index (χ0v) is 12.4. The molecule has 3 rings (SSSR count). The summed E-state index contributed by atoms with van der Waals surface area (Å²) in [7, 11) is 1.48. The smallest absolute Gasteiger partial charge is 0.410 e. The molecule has 0 aromatic rings. The van der Waals surface area contributed by atoms with E-state index in [1.54, 1.807) is 0 Å². The molecule has 2 aliphatic carbocycles. The molecule has 0 aromatic carbocycles. The van der Waals surface area contributed by atoms with Crippen molar-refractivity contribution in [2.24, 2.45) is 0 Å². The summed E-state index contributed by atoms with van der Waals surface area (Å²) in [5.74, 6) is 0. The molecule has 0 unspecified atom stereocenters. The van der Waals surface area contributed by atoms with Gasteiger partial charge >= 0.3 is 6.09 Å². The van der Waals surface area contributed by atoms with Crippen LogP contribution in [0.2, 0.25) is 0 Å². The van der Waals surface area contributed by atoms with E-state index in [-0.39, 0.29) is 17.2 Å². The molecule has 90 valence electrons. The van der Waals surface area contributed by atoms with Gasteiger partial charge in [0.1, 0.15) is 0 Å². The maximum atomic E-state index is 11.8. The fraction of sp³-hybridized carbons (Fsp3) is 0.909. The highest BCUT2D eigenvalue weighted by Gasteiger charge is 2.81. The van der Waals surface area contributed by atoms with Crippen molar-refractivity contribution < 1.29 is 9.53 Å². The molecule has 4 atom stereocenters. The van der Waals surface area contributed by atoms with Gasteiger partial charge in [0.25, 0.3) is 0 Å². The number of ether oxygens (including phenoxy) is 1. The first kappa shape index (κ1) is 11.3. The van der Waals surface area contributed by atoms with E-state index in [9.17, 15) is 4.79 Å². The number of alkyl halides is 2. The number of hydrogen-bond acceptors (Lipinski definition) is 2. The average molecular weight is 353 g/mol. The van der Waals surface area contributed by atoms with Crippen LogP contribution in [0.15, 0.2) is 0 Å². The number of methoxy groups -OCH3 is 1. The molecule has 3 fully saturated rings. The van der Waals surface area contributed by atoms with Crippen molar-refractivity contribution in [2.75, 3.05) is 7.11 Å². The van der Waals surface area contributed by atoms with E-state index in [1.165, 1.54) is 13.5 Å². The quantitative estimate of drug-likeness (QED) is 0.495. The monoisotopic (exact) mass is 351 g/mol. The summed E-state index contributed by atoms with van der Waals surface area (Å²) in [6, 6.07) is 0. The molecule has 5 heteroatoms. The number of rotatable bonds is 0. The highest BCUT2D eigenvalue weighted by molar-refractivity contribution is 9.12. The van der Waals surface area contributed by atoms with Gasteiger partial charge < -0.3 is 4.74 Å². The molecule has 1 saturated heterocycles. The van der Waals surface area contributed by atoms with Gasteiger partial charge in [-0.2, -0.15) is 0 Å². The van der Waals surface area contributed by atoms with Crippen LogP contribution in [0.1, 0.15) is 32.1 Å². The van der Waals surface area contributed by atoms with Crippen molar-refractivity contribution in [3.05, 3.63) is 0 Å². The molecule has 2 saturated carbocycles. The second-order valence-electron chi connectivity index (χ2n) is 5.16. The Hall–Kier alpha value is 0.230. The van der Waals surface area contributed by atoms with Gasteiger partial charge in [-0.3, -0.25) is 4.90 Å². The van der Waals surface area contributed by atoms with Gasteiger partial charge in [0.2, 0.25) is 0 Å². The lowest BCUT2D eigenvalue weighted by molar-refractivity contribution is 0.138. The first-order valence-corrected chi connectivity index (χ1v) is 7.57. The molecule has 3 aliphatic rings. The number of likely N-dealkylation sites (tertiary alicyclic amines) is 1. The minimum absolute atomic E-state index is 0.110. The minimum Gasteiger partial charge on any atom is -0.453 e. The molecule has 1 aliphatic heterocycles. The molecule has 3 nitrogen and oxygen atoms in total. The zero-order chi connectivity index (χ0) is 11.6. The first-order chi connectivity index (χ1) is 7.57. The fourth-order valence-electron chi connectivity index (χ4n) is 4.04. The van der Waals surface area contributed by atoms with E-state index in [2.05, 4.69) is 31.9 Å². The van der Waals surface area contributed by atoms with E-state index in [0.29, 0.717) is 9.65 Å². The number of carbonyl (C=O) groups is 1. The highest BCUT2D eigenvalue weighted by Crippen LogP contribution is 2.70. The van der Waals surface area contributed by atoms with Gasteiger partial charge in [0.15, 0.2) is 0 Å². The van der Waals surface area contributed by atoms with E-state index >= 15 is 0 Å². The van der Waals surface area contributed by atoms with Gasteiger partial charge in [-0.1, -0.05) is 31.9 Å². The molecular weight excluding hydrogens is 338 g/mol. The zero-order valence-electron chi connectivity index (χ0n) is 9.21. The van der Waals surface area contributed by atoms with E-state index in [4.69, 9.17) is 4.74 Å². The summed E-state index contributed by atoms with van der Waals surface area (Å²) in [6.07, 6.45) is 5.50. The van der Waals surface area contributed by atoms with Crippen LogP contribution >= 0.6 is 31.9 Å². The largest absolute Gasteiger partial charge is 0.453 e. The first-order valence-electron chi connectivity index (χ1n) is 5.74. The third kappa shape index (κ3) is 1.12. The molecule has 0 N–H and O–H groups in total. The summed E-state index contributed by atoms with van der Waals surface area (Å²) in [4.78, 5) is 14.8. The number of hydrogen-bond donors (Lipinski definition) is 0. The number of halogens is 2. The number of amides is 1. The van der Waals surface area contributed by atoms with Gasteiger partial charge in [-0.15, -0.1) is 0 Å². The molecule has 0 spiro atoms. The summed E-state index contributed by atoms with van der Waals surface area (Å²) in [5, 5.41) is 0. The van der Waals surface area contributed by atoms with E-state index < -0.39 is 0 Å². The SMILES string of the molecule is COC(=O)N1[C@@]23CCC[C@@]12C[C@H](Br)[C@H](Br)C3. The lowest BCUT2D eigenvalue weighted by Crippen LogP contribution is -2.36. The Balaban J connectivity index is 1.93. The molecule has 0 aromatic heterocycles. The molecule has 16 heavy (non-hydrogen) atoms. The maximum Gasteiger partial charge on any atom is 0.410 e. The number of piperidine rings is 1. The Morgan fingerprint density at radius 2 is 1.75 bits per heavy atom. The summed E-state index contributed by atoms with van der Waals surface area (Å²) in [5.41, 5.74) is 0.219. The summed E-state index contributed by atoms with van der Waals surface area (Å²) in [6.45, 7) is 0. The Kier molecular flexibility index (Phi) is 2.39. The van der Waals surface area contributed by atoms with Gasteiger partial charge in [-0.25, -0.2) is 4.79 Å². The summed E-state index contributed by atoms with van der Waals surface area (Å²) < 4.78 is 4.92. The van der Waals surface area contributed by atoms with Crippen LogP contribution in [0.3, 0.4) is 0 Å². The van der Waals surface area contributed by atoms with Crippen molar-refractivity contribution in [1.29, 1.82) is 0 Å². The van der Waals surface area contributed by atoms with E-state index in [1.807, 2.05) is 4.90 Å². The topological polar surface area (TPSA) is 29.3 Å². The maximum absolute atomic E-state index is 11.8. The molecule has 1 amide bonds. The normalized spacial score (nSPS) is 49.6. The predicted molar refractivity (Wildman–Crippen MR) is 68.2 cm³/mol. The third-order valence-electron chi connectivity index (χ3n) is 4.67. The standard InChI is InChI=1S/C11H15Br2NO2/c1-16-9(15)14-10-3-2-4-11(10,14)6-8(13)7(12)5-10/h7-8H,2-6H2,1H3/t7-,8+,10-,11+,14?. The number of carbonyl (C=O) groups excluding carboxylic acids is 1. The van der Waals surface area contributed by atoms with Crippen molar-refractivity contribution in [3.63, 3.8) is 0 Å². The Labute approximate surface area is 112 Å². The minimum atomic E-state index is -0.138. The summed E-state index contributed by atoms with van der Waals surface area (Å²) >= 11 is 7.44. The van der Waals surface area contributed by atoms with Crippen LogP contribution < -0.4 is 0 Å². The lowest BCUT2D eigenvalue weighted by atomic mass is 9.82. The second-order valence-corrected chi connectivity index (χ2v) is 7.51. The van der Waals surface area contributed by atoms with Crippen LogP contribution in [-0.4, -0.2) is 38.8 Å². The van der Waals surface area contributed by atoms with Crippen molar-refractivity contribution in [1.82, 2.24) is 4.90 Å². The average Bonchev–Trinajstić information content (AvgIpc) is 2.60. The molecule has 0 bridgehead atoms. The van der Waals surface area contributed by atoms with Crippen LogP contribution in [0, 0.1) is 0 Å². The molecule has 0 radical (unpaired) electrons. The predicted octanol–water partition coefficient (Wildman–Crippen LogP) is 3.05. The lowest BCUT2D eigenvalue weighted by Gasteiger charge is -2.28. The van der Waals surface area contributed by atoms with Crippen LogP contribution in [-0.2, 0) is 4.74 Å². The van der Waals surface area contributed by atoms with Crippen LogP contribution in [0.5, 0.6) is 0 Å². The van der Waals surface area contributed by atoms with Gasteiger partial charge in [0.05, 0.1) is 18.2 Å². The fourth-order valence-corrected chi connectivity index (χ4v) is 5.48. The molecular formula is C11H15Br2NO2. The van der Waals surface area contributed by atoms with Gasteiger partial charge in [0, 0.05) is 9.65 Å². The number of nitrogens with zero attached hydrogens (tertiary/aromatic N) is 1. The van der Waals surface area contributed by atoms with Crippen LogP contribution in [0.25, 0.3) is 0 Å².